The Kier molecular flexibility index (Phi) is 7.04. The van der Waals surface area contributed by atoms with E-state index in [1.807, 2.05) is 12.1 Å². The van der Waals surface area contributed by atoms with Crippen molar-refractivity contribution in [2.75, 3.05) is 25.0 Å². The van der Waals surface area contributed by atoms with Crippen LogP contribution in [-0.4, -0.2) is 46.5 Å². The zero-order valence-corrected chi connectivity index (χ0v) is 18.3. The molecule has 1 aromatic heterocycles. The Labute approximate surface area is 187 Å². The molecule has 172 valence electrons. The molecule has 1 unspecified atom stereocenters. The van der Waals surface area contributed by atoms with Crippen LogP contribution in [0.2, 0.25) is 0 Å². The van der Waals surface area contributed by atoms with Crippen LogP contribution < -0.4 is 5.32 Å². The van der Waals surface area contributed by atoms with E-state index in [0.717, 1.165) is 30.9 Å². The van der Waals surface area contributed by atoms with Crippen LogP contribution in [-0.2, 0) is 17.6 Å². The molecule has 0 bridgehead atoms. The van der Waals surface area contributed by atoms with Crippen LogP contribution in [0, 0.1) is 5.92 Å². The van der Waals surface area contributed by atoms with Gasteiger partial charge in [0.1, 0.15) is 11.9 Å². The Hall–Kier alpha value is -2.54. The van der Waals surface area contributed by atoms with Crippen molar-refractivity contribution in [1.29, 1.82) is 0 Å². The summed E-state index contributed by atoms with van der Waals surface area (Å²) in [7, 11) is 0. The lowest BCUT2D eigenvalue weighted by Gasteiger charge is -2.27. The van der Waals surface area contributed by atoms with Crippen molar-refractivity contribution in [2.45, 2.75) is 56.9 Å². The highest BCUT2D eigenvalue weighted by Gasteiger charge is 2.45. The van der Waals surface area contributed by atoms with E-state index in [2.05, 4.69) is 16.4 Å². The lowest BCUT2D eigenvalue weighted by molar-refractivity contribution is -0.143. The number of alkyl halides is 2. The van der Waals surface area contributed by atoms with Gasteiger partial charge in [0, 0.05) is 31.1 Å². The summed E-state index contributed by atoms with van der Waals surface area (Å²) in [5.74, 6) is -3.65. The third-order valence-corrected chi connectivity index (χ3v) is 6.68. The minimum Gasteiger partial charge on any atom is -0.480 e. The molecule has 1 saturated heterocycles. The van der Waals surface area contributed by atoms with E-state index >= 15 is 0 Å². The van der Waals surface area contributed by atoms with Crippen molar-refractivity contribution in [3.05, 3.63) is 59.3 Å². The van der Waals surface area contributed by atoms with Gasteiger partial charge >= 0.3 is 5.97 Å². The zero-order chi connectivity index (χ0) is 22.6. The van der Waals surface area contributed by atoms with Gasteiger partial charge in [0.25, 0.3) is 5.92 Å². The van der Waals surface area contributed by atoms with Crippen LogP contribution in [0.15, 0.2) is 42.5 Å². The second kappa shape index (κ2) is 9.94. The highest BCUT2D eigenvalue weighted by Crippen LogP contribution is 2.39. The Morgan fingerprint density at radius 3 is 2.81 bits per heavy atom. The molecule has 2 aliphatic heterocycles. The molecular weight excluding hydrogens is 412 g/mol. The number of fused-ring (bicyclic) bond motifs is 1. The normalized spacial score (nSPS) is 19.9. The first-order valence-electron chi connectivity index (χ1n) is 11.6. The molecule has 2 atom stereocenters. The van der Waals surface area contributed by atoms with Gasteiger partial charge in [-0.25, -0.2) is 13.8 Å². The molecule has 1 fully saturated rings. The summed E-state index contributed by atoms with van der Waals surface area (Å²) in [5.41, 5.74) is 2.81. The Morgan fingerprint density at radius 1 is 1.22 bits per heavy atom. The van der Waals surface area contributed by atoms with E-state index < -0.39 is 23.9 Å². The van der Waals surface area contributed by atoms with Crippen LogP contribution in [0.3, 0.4) is 0 Å². The number of carboxylic acids is 1. The summed E-state index contributed by atoms with van der Waals surface area (Å²) >= 11 is 0. The van der Waals surface area contributed by atoms with Crippen LogP contribution in [0.5, 0.6) is 0 Å². The number of benzene rings is 1. The Bertz CT molecular complexity index is 923. The maximum Gasteiger partial charge on any atom is 0.325 e. The monoisotopic (exact) mass is 443 g/mol. The number of nitrogens with one attached hydrogen (secondary N) is 1. The number of halogens is 2. The first kappa shape index (κ1) is 22.6. The number of carboxylic acid groups (broad SMARTS) is 1. The molecule has 1 aromatic carbocycles. The summed E-state index contributed by atoms with van der Waals surface area (Å²) in [6.07, 6.45) is 4.08. The molecule has 2 N–H and O–H groups in total. The van der Waals surface area contributed by atoms with E-state index in [-0.39, 0.29) is 13.0 Å². The quantitative estimate of drug-likeness (QED) is 0.538. The van der Waals surface area contributed by atoms with E-state index in [4.69, 9.17) is 0 Å². The number of aromatic nitrogens is 1. The third kappa shape index (κ3) is 5.26. The van der Waals surface area contributed by atoms with Gasteiger partial charge in [-0.2, -0.15) is 0 Å². The lowest BCUT2D eigenvalue weighted by atomic mass is 9.95. The minimum atomic E-state index is -2.79. The van der Waals surface area contributed by atoms with Crippen molar-refractivity contribution in [1.82, 2.24) is 9.88 Å². The molecular formula is C25H31F2N3O2. The first-order valence-corrected chi connectivity index (χ1v) is 11.6. The van der Waals surface area contributed by atoms with Gasteiger partial charge in [-0.15, -0.1) is 0 Å². The lowest BCUT2D eigenvalue weighted by Crippen LogP contribution is -2.35. The average molecular weight is 444 g/mol. The molecule has 0 radical (unpaired) electrons. The number of carbonyl (C=O) groups is 1. The number of aliphatic carboxylic acids is 1. The molecule has 0 spiro atoms. The van der Waals surface area contributed by atoms with Crippen LogP contribution >= 0.6 is 0 Å². The number of anilines is 1. The molecule has 0 saturated carbocycles. The minimum absolute atomic E-state index is 0.108. The smallest absolute Gasteiger partial charge is 0.325 e. The number of rotatable bonds is 9. The van der Waals surface area contributed by atoms with Gasteiger partial charge in [0.15, 0.2) is 0 Å². The average Bonchev–Trinajstić information content (AvgIpc) is 3.28. The van der Waals surface area contributed by atoms with Gasteiger partial charge in [-0.3, -0.25) is 9.69 Å². The highest BCUT2D eigenvalue weighted by atomic mass is 19.3. The second-order valence-electron chi connectivity index (χ2n) is 8.94. The number of unbranched alkanes of at least 4 members (excludes halogenated alkanes) is 1. The number of hydrogen-bond donors (Lipinski definition) is 2. The standard InChI is InChI=1S/C25H31F2N3O2/c26-25(27,14-5-4-10-21-12-11-19-9-6-15-28-23(19)29-21)20-13-16-30(17-20)22(24(31)32)18-7-2-1-3-8-18/h1-3,7-8,11-12,20,22H,4-6,9-10,13-17H2,(H,28,29)(H,31,32)/t20-,22?/m1/s1. The number of nitrogens with zero attached hydrogens (tertiary/aromatic N) is 2. The van der Waals surface area contributed by atoms with Crippen LogP contribution in [0.25, 0.3) is 0 Å². The number of pyridine rings is 1. The zero-order valence-electron chi connectivity index (χ0n) is 18.3. The molecule has 3 heterocycles. The predicted molar refractivity (Wildman–Crippen MR) is 120 cm³/mol. The Morgan fingerprint density at radius 2 is 2.03 bits per heavy atom. The van der Waals surface area contributed by atoms with Gasteiger partial charge in [0.2, 0.25) is 0 Å². The maximum atomic E-state index is 14.9. The van der Waals surface area contributed by atoms with Crippen LogP contribution in [0.4, 0.5) is 14.6 Å². The summed E-state index contributed by atoms with van der Waals surface area (Å²) in [5, 5.41) is 13.0. The van der Waals surface area contributed by atoms with E-state index in [0.29, 0.717) is 37.8 Å². The summed E-state index contributed by atoms with van der Waals surface area (Å²) < 4.78 is 29.8. The second-order valence-corrected chi connectivity index (χ2v) is 8.94. The van der Waals surface area contributed by atoms with Gasteiger partial charge < -0.3 is 10.4 Å². The number of likely N-dealkylation sites (tertiary alicyclic amines) is 1. The fraction of sp³-hybridized carbons (Fsp3) is 0.520. The maximum absolute atomic E-state index is 14.9. The van der Waals surface area contributed by atoms with Crippen molar-refractivity contribution in [2.24, 2.45) is 5.92 Å². The van der Waals surface area contributed by atoms with Gasteiger partial charge in [-0.1, -0.05) is 36.4 Å². The third-order valence-electron chi connectivity index (χ3n) is 6.68. The summed E-state index contributed by atoms with van der Waals surface area (Å²) in [6.45, 7) is 1.41. The van der Waals surface area contributed by atoms with E-state index in [1.165, 1.54) is 5.56 Å². The summed E-state index contributed by atoms with van der Waals surface area (Å²) in [4.78, 5) is 18.2. The highest BCUT2D eigenvalue weighted by molar-refractivity contribution is 5.75. The molecule has 5 nitrogen and oxygen atoms in total. The van der Waals surface area contributed by atoms with E-state index in [1.54, 1.807) is 29.2 Å². The van der Waals surface area contributed by atoms with E-state index in [9.17, 15) is 18.7 Å². The van der Waals surface area contributed by atoms with Crippen molar-refractivity contribution in [3.63, 3.8) is 0 Å². The molecule has 7 heteroatoms. The first-order chi connectivity index (χ1) is 15.4. The SMILES string of the molecule is O=C(O)C(c1ccccc1)N1CC[C@@H](C(F)(F)CCCCc2ccc3c(n2)NCCC3)C1. The Balaban J connectivity index is 1.28. The van der Waals surface area contributed by atoms with Gasteiger partial charge in [0.05, 0.1) is 0 Å². The molecule has 2 aromatic rings. The number of aryl methyl sites for hydroxylation is 2. The van der Waals surface area contributed by atoms with Crippen molar-refractivity contribution >= 4 is 11.8 Å². The molecule has 32 heavy (non-hydrogen) atoms. The topological polar surface area (TPSA) is 65.5 Å². The fourth-order valence-corrected chi connectivity index (χ4v) is 4.89. The fourth-order valence-electron chi connectivity index (χ4n) is 4.89. The van der Waals surface area contributed by atoms with Gasteiger partial charge in [-0.05, 0) is 62.3 Å². The molecule has 2 aliphatic rings. The molecule has 4 rings (SSSR count). The summed E-state index contributed by atoms with van der Waals surface area (Å²) in [6, 6.07) is 12.1. The largest absolute Gasteiger partial charge is 0.480 e. The van der Waals surface area contributed by atoms with Crippen molar-refractivity contribution in [3.8, 4) is 0 Å². The van der Waals surface area contributed by atoms with Crippen LogP contribution in [0.1, 0.15) is 55.0 Å². The number of hydrogen-bond acceptors (Lipinski definition) is 4. The molecule has 0 amide bonds. The molecule has 0 aliphatic carbocycles. The predicted octanol–water partition coefficient (Wildman–Crippen LogP) is 4.94. The van der Waals surface area contributed by atoms with Crippen molar-refractivity contribution < 1.29 is 18.7 Å².